The standard InChI is InChI=1S/C20H30O4/c1-6-20(10-8-7-9-15(20)11-13(2)3)16(12-14(4)5)17(18(21)22)19(23)24/h7-10,13-15H,6,11-12H2,1-5H3,(H,21,22)(H,23,24). The summed E-state index contributed by atoms with van der Waals surface area (Å²) in [5.74, 6) is -1.98. The monoisotopic (exact) mass is 334 g/mol. The molecule has 0 spiro atoms. The van der Waals surface area contributed by atoms with Crippen LogP contribution in [0.4, 0.5) is 0 Å². The molecule has 1 rings (SSSR count). The molecule has 0 radical (unpaired) electrons. The van der Waals surface area contributed by atoms with Crippen LogP contribution >= 0.6 is 0 Å². The smallest absolute Gasteiger partial charge is 0.343 e. The lowest BCUT2D eigenvalue weighted by Gasteiger charge is -2.42. The third-order valence-corrected chi connectivity index (χ3v) is 4.72. The maximum Gasteiger partial charge on any atom is 0.343 e. The molecule has 1 aliphatic rings. The van der Waals surface area contributed by atoms with Crippen LogP contribution in [0, 0.1) is 23.2 Å². The summed E-state index contributed by atoms with van der Waals surface area (Å²) in [4.78, 5) is 23.4. The third kappa shape index (κ3) is 4.37. The van der Waals surface area contributed by atoms with Gasteiger partial charge in [0.2, 0.25) is 0 Å². The molecule has 0 bridgehead atoms. The van der Waals surface area contributed by atoms with Gasteiger partial charge in [-0.1, -0.05) is 58.9 Å². The van der Waals surface area contributed by atoms with Crippen LogP contribution in [0.2, 0.25) is 0 Å². The number of carbonyl (C=O) groups is 2. The highest BCUT2D eigenvalue weighted by Crippen LogP contribution is 2.49. The van der Waals surface area contributed by atoms with Crippen molar-refractivity contribution in [3.05, 3.63) is 35.5 Å². The van der Waals surface area contributed by atoms with Crippen molar-refractivity contribution in [3.63, 3.8) is 0 Å². The summed E-state index contributed by atoms with van der Waals surface area (Å²) in [6, 6.07) is 0. The van der Waals surface area contributed by atoms with Gasteiger partial charge in [0, 0.05) is 5.41 Å². The summed E-state index contributed by atoms with van der Waals surface area (Å²) in [7, 11) is 0. The molecule has 0 aromatic rings. The Kier molecular flexibility index (Phi) is 7.00. The second-order valence-corrected chi connectivity index (χ2v) is 7.44. The topological polar surface area (TPSA) is 74.6 Å². The summed E-state index contributed by atoms with van der Waals surface area (Å²) in [6.45, 7) is 10.3. The van der Waals surface area contributed by atoms with Crippen LogP contribution < -0.4 is 0 Å². The Balaban J connectivity index is 3.64. The Morgan fingerprint density at radius 3 is 2.04 bits per heavy atom. The van der Waals surface area contributed by atoms with Crippen molar-refractivity contribution in [2.24, 2.45) is 23.2 Å². The lowest BCUT2D eigenvalue weighted by molar-refractivity contribution is -0.140. The van der Waals surface area contributed by atoms with Gasteiger partial charge in [-0.05, 0) is 42.6 Å². The fourth-order valence-corrected chi connectivity index (χ4v) is 3.72. The fraction of sp³-hybridized carbons (Fsp3) is 0.600. The third-order valence-electron chi connectivity index (χ3n) is 4.72. The zero-order valence-electron chi connectivity index (χ0n) is 15.4. The molecular formula is C20H30O4. The molecule has 2 unspecified atom stereocenters. The van der Waals surface area contributed by atoms with Gasteiger partial charge in [-0.2, -0.15) is 0 Å². The van der Waals surface area contributed by atoms with Gasteiger partial charge < -0.3 is 10.2 Å². The Morgan fingerprint density at radius 2 is 1.62 bits per heavy atom. The van der Waals surface area contributed by atoms with Crippen molar-refractivity contribution < 1.29 is 19.8 Å². The van der Waals surface area contributed by atoms with Gasteiger partial charge in [0.1, 0.15) is 5.57 Å². The molecule has 0 aromatic heterocycles. The van der Waals surface area contributed by atoms with Crippen LogP contribution in [0.25, 0.3) is 0 Å². The Bertz CT molecular complexity index is 550. The molecule has 24 heavy (non-hydrogen) atoms. The molecule has 0 heterocycles. The zero-order chi connectivity index (χ0) is 18.5. The minimum absolute atomic E-state index is 0.106. The van der Waals surface area contributed by atoms with Gasteiger partial charge in [0.25, 0.3) is 0 Å². The number of allylic oxidation sites excluding steroid dienone is 5. The Morgan fingerprint density at radius 1 is 1.04 bits per heavy atom. The molecule has 2 atom stereocenters. The van der Waals surface area contributed by atoms with Crippen LogP contribution in [0.15, 0.2) is 35.5 Å². The minimum Gasteiger partial charge on any atom is -0.477 e. The van der Waals surface area contributed by atoms with E-state index in [4.69, 9.17) is 0 Å². The number of aliphatic carboxylic acids is 2. The molecule has 134 valence electrons. The van der Waals surface area contributed by atoms with E-state index in [9.17, 15) is 19.8 Å². The maximum absolute atomic E-state index is 11.7. The highest BCUT2D eigenvalue weighted by molar-refractivity contribution is 6.13. The first-order valence-electron chi connectivity index (χ1n) is 8.71. The summed E-state index contributed by atoms with van der Waals surface area (Å²) in [5.41, 5.74) is -0.458. The Labute approximate surface area is 145 Å². The van der Waals surface area contributed by atoms with Crippen molar-refractivity contribution in [1.29, 1.82) is 0 Å². The van der Waals surface area contributed by atoms with Crippen LogP contribution in [0.3, 0.4) is 0 Å². The van der Waals surface area contributed by atoms with Crippen molar-refractivity contribution in [3.8, 4) is 0 Å². The van der Waals surface area contributed by atoms with Gasteiger partial charge >= 0.3 is 11.9 Å². The molecular weight excluding hydrogens is 304 g/mol. The van der Waals surface area contributed by atoms with Crippen LogP contribution in [0.5, 0.6) is 0 Å². The summed E-state index contributed by atoms with van der Waals surface area (Å²) in [6.07, 6.45) is 10.1. The van der Waals surface area contributed by atoms with E-state index in [1.807, 2.05) is 39.0 Å². The van der Waals surface area contributed by atoms with Gasteiger partial charge in [0.15, 0.2) is 0 Å². The van der Waals surface area contributed by atoms with Gasteiger partial charge in [-0.3, -0.25) is 0 Å². The molecule has 4 heteroatoms. The second kappa shape index (κ2) is 8.32. The second-order valence-electron chi connectivity index (χ2n) is 7.44. The van der Waals surface area contributed by atoms with Crippen LogP contribution in [-0.4, -0.2) is 22.2 Å². The first kappa shape index (κ1) is 20.2. The van der Waals surface area contributed by atoms with E-state index in [2.05, 4.69) is 19.9 Å². The van der Waals surface area contributed by atoms with E-state index in [-0.39, 0.29) is 11.8 Å². The number of carboxylic acids is 2. The highest BCUT2D eigenvalue weighted by atomic mass is 16.4. The molecule has 1 aliphatic carbocycles. The molecule has 0 aliphatic heterocycles. The first-order chi connectivity index (χ1) is 11.2. The lowest BCUT2D eigenvalue weighted by atomic mass is 9.61. The maximum atomic E-state index is 11.7. The molecule has 0 amide bonds. The van der Waals surface area contributed by atoms with Crippen LogP contribution in [-0.2, 0) is 9.59 Å². The Hall–Kier alpha value is -1.84. The molecule has 0 aromatic carbocycles. The van der Waals surface area contributed by atoms with Gasteiger partial charge in [-0.15, -0.1) is 0 Å². The molecule has 0 saturated heterocycles. The largest absolute Gasteiger partial charge is 0.477 e. The average Bonchev–Trinajstić information content (AvgIpc) is 2.45. The van der Waals surface area contributed by atoms with Crippen molar-refractivity contribution in [2.45, 2.75) is 53.9 Å². The summed E-state index contributed by atoms with van der Waals surface area (Å²) >= 11 is 0. The van der Waals surface area contributed by atoms with E-state index < -0.39 is 22.9 Å². The van der Waals surface area contributed by atoms with Crippen molar-refractivity contribution in [2.75, 3.05) is 0 Å². The fourth-order valence-electron chi connectivity index (χ4n) is 3.72. The van der Waals surface area contributed by atoms with E-state index in [0.717, 1.165) is 6.42 Å². The number of rotatable bonds is 8. The number of hydrogen-bond donors (Lipinski definition) is 2. The van der Waals surface area contributed by atoms with E-state index >= 15 is 0 Å². The van der Waals surface area contributed by atoms with E-state index in [1.54, 1.807) is 0 Å². The van der Waals surface area contributed by atoms with Crippen LogP contribution in [0.1, 0.15) is 53.9 Å². The quantitative estimate of drug-likeness (QED) is 0.384. The zero-order valence-corrected chi connectivity index (χ0v) is 15.4. The van der Waals surface area contributed by atoms with Crippen molar-refractivity contribution >= 4 is 11.9 Å². The molecule has 2 N–H and O–H groups in total. The number of hydrogen-bond acceptors (Lipinski definition) is 2. The summed E-state index contributed by atoms with van der Waals surface area (Å²) in [5, 5.41) is 19.1. The first-order valence-corrected chi connectivity index (χ1v) is 8.71. The minimum atomic E-state index is -1.35. The normalized spacial score (nSPS) is 22.9. The lowest BCUT2D eigenvalue weighted by Crippen LogP contribution is -2.35. The van der Waals surface area contributed by atoms with Gasteiger partial charge in [-0.25, -0.2) is 9.59 Å². The SMILES string of the molecule is CCC1(C(CC(C)C)=C(C(=O)O)C(=O)O)C=CC=CC1CC(C)C. The highest BCUT2D eigenvalue weighted by Gasteiger charge is 2.42. The average molecular weight is 334 g/mol. The predicted octanol–water partition coefficient (Wildman–Crippen LogP) is 4.68. The summed E-state index contributed by atoms with van der Waals surface area (Å²) < 4.78 is 0. The predicted molar refractivity (Wildman–Crippen MR) is 95.7 cm³/mol. The number of carboxylic acid groups (broad SMARTS) is 2. The van der Waals surface area contributed by atoms with Crippen molar-refractivity contribution in [1.82, 2.24) is 0 Å². The van der Waals surface area contributed by atoms with E-state index in [1.165, 1.54) is 0 Å². The molecule has 0 fully saturated rings. The van der Waals surface area contributed by atoms with E-state index in [0.29, 0.717) is 24.3 Å². The molecule has 4 nitrogen and oxygen atoms in total. The van der Waals surface area contributed by atoms with Gasteiger partial charge in [0.05, 0.1) is 0 Å². The molecule has 0 saturated carbocycles.